The van der Waals surface area contributed by atoms with Crippen molar-refractivity contribution < 1.29 is 13.2 Å². The van der Waals surface area contributed by atoms with E-state index >= 15 is 0 Å². The van der Waals surface area contributed by atoms with E-state index in [0.717, 1.165) is 15.5 Å². The third kappa shape index (κ3) is 4.90. The number of thioether (sulfide) groups is 1. The molecule has 8 heteroatoms. The molecular formula is C17H19ClN2O3S2. The summed E-state index contributed by atoms with van der Waals surface area (Å²) in [5, 5.41) is 3.29. The summed E-state index contributed by atoms with van der Waals surface area (Å²) in [6.07, 6.45) is 2.98. The van der Waals surface area contributed by atoms with Crippen LogP contribution in [0.3, 0.4) is 0 Å². The van der Waals surface area contributed by atoms with E-state index in [-0.39, 0.29) is 0 Å². The van der Waals surface area contributed by atoms with E-state index in [2.05, 4.69) is 5.32 Å². The molecule has 0 aliphatic rings. The van der Waals surface area contributed by atoms with E-state index in [1.807, 2.05) is 24.5 Å². The minimum atomic E-state index is -3.66. The average molecular weight is 399 g/mol. The van der Waals surface area contributed by atoms with Crippen LogP contribution in [0.25, 0.3) is 0 Å². The van der Waals surface area contributed by atoms with Crippen LogP contribution in [0.1, 0.15) is 6.92 Å². The molecule has 0 saturated heterocycles. The zero-order valence-electron chi connectivity index (χ0n) is 14.1. The van der Waals surface area contributed by atoms with Gasteiger partial charge < -0.3 is 5.32 Å². The first-order valence-corrected chi connectivity index (χ1v) is 10.9. The van der Waals surface area contributed by atoms with E-state index in [9.17, 15) is 13.2 Å². The van der Waals surface area contributed by atoms with Crippen molar-refractivity contribution in [1.29, 1.82) is 0 Å². The van der Waals surface area contributed by atoms with Crippen LogP contribution in [0.15, 0.2) is 53.4 Å². The van der Waals surface area contributed by atoms with Crippen molar-refractivity contribution >= 4 is 50.7 Å². The van der Waals surface area contributed by atoms with Crippen LogP contribution < -0.4 is 9.62 Å². The molecule has 0 aromatic heterocycles. The van der Waals surface area contributed by atoms with Crippen LogP contribution in [0, 0.1) is 0 Å². The van der Waals surface area contributed by atoms with Crippen LogP contribution in [0.4, 0.5) is 11.4 Å². The van der Waals surface area contributed by atoms with Gasteiger partial charge >= 0.3 is 0 Å². The summed E-state index contributed by atoms with van der Waals surface area (Å²) in [5.74, 6) is -0.415. The molecule has 2 rings (SSSR count). The van der Waals surface area contributed by atoms with Gasteiger partial charge in [0, 0.05) is 9.92 Å². The van der Waals surface area contributed by atoms with Crippen molar-refractivity contribution in [3.63, 3.8) is 0 Å². The summed E-state index contributed by atoms with van der Waals surface area (Å²) in [6, 6.07) is 12.8. The second-order valence-corrected chi connectivity index (χ2v) is 8.54. The fourth-order valence-electron chi connectivity index (χ4n) is 2.38. The topological polar surface area (TPSA) is 66.5 Å². The molecule has 25 heavy (non-hydrogen) atoms. The number of benzene rings is 2. The lowest BCUT2D eigenvalue weighted by molar-refractivity contribution is -0.116. The molecule has 0 spiro atoms. The van der Waals surface area contributed by atoms with E-state index < -0.39 is 22.0 Å². The van der Waals surface area contributed by atoms with Crippen LogP contribution in [0.5, 0.6) is 0 Å². The molecule has 2 aromatic rings. The number of nitrogens with zero attached hydrogens (tertiary/aromatic N) is 1. The minimum Gasteiger partial charge on any atom is -0.323 e. The Labute approximate surface area is 157 Å². The number of nitrogens with one attached hydrogen (secondary N) is 1. The van der Waals surface area contributed by atoms with Crippen LogP contribution >= 0.6 is 23.4 Å². The number of halogens is 1. The summed E-state index contributed by atoms with van der Waals surface area (Å²) in [4.78, 5) is 13.6. The summed E-state index contributed by atoms with van der Waals surface area (Å²) in [6.45, 7) is 1.55. The van der Waals surface area contributed by atoms with Crippen molar-refractivity contribution in [2.75, 3.05) is 22.1 Å². The monoisotopic (exact) mass is 398 g/mol. The fraction of sp³-hybridized carbons (Fsp3) is 0.235. The first-order chi connectivity index (χ1) is 11.7. The van der Waals surface area contributed by atoms with Gasteiger partial charge in [0.25, 0.3) is 0 Å². The summed E-state index contributed by atoms with van der Waals surface area (Å²) < 4.78 is 25.6. The first kappa shape index (κ1) is 19.6. The summed E-state index contributed by atoms with van der Waals surface area (Å²) in [7, 11) is -3.66. The lowest BCUT2D eigenvalue weighted by Crippen LogP contribution is -2.45. The molecule has 0 saturated carbocycles. The largest absolute Gasteiger partial charge is 0.323 e. The SMILES string of the molecule is CSc1ccccc1NC(=O)C(C)N(c1ccc(Cl)cc1)S(C)(=O)=O. The number of anilines is 2. The van der Waals surface area contributed by atoms with E-state index in [4.69, 9.17) is 11.6 Å². The minimum absolute atomic E-state index is 0.382. The standard InChI is InChI=1S/C17H19ClN2O3S2/c1-12(17(21)19-15-6-4-5-7-16(15)24-2)20(25(3,22)23)14-10-8-13(18)9-11-14/h4-12H,1-3H3,(H,19,21). The molecule has 0 aliphatic heterocycles. The van der Waals surface area contributed by atoms with Crippen molar-refractivity contribution in [3.8, 4) is 0 Å². The van der Waals surface area contributed by atoms with Gasteiger partial charge in [-0.2, -0.15) is 0 Å². The Balaban J connectivity index is 2.31. The van der Waals surface area contributed by atoms with Gasteiger partial charge in [-0.1, -0.05) is 23.7 Å². The molecular weight excluding hydrogens is 380 g/mol. The smallest absolute Gasteiger partial charge is 0.248 e. The number of rotatable bonds is 6. The highest BCUT2D eigenvalue weighted by Gasteiger charge is 2.29. The van der Waals surface area contributed by atoms with Gasteiger partial charge in [-0.15, -0.1) is 11.8 Å². The van der Waals surface area contributed by atoms with Gasteiger partial charge in [0.05, 0.1) is 17.6 Å². The van der Waals surface area contributed by atoms with Crippen molar-refractivity contribution in [1.82, 2.24) is 0 Å². The van der Waals surface area contributed by atoms with Gasteiger partial charge in [0.15, 0.2) is 0 Å². The lowest BCUT2D eigenvalue weighted by Gasteiger charge is -2.28. The molecule has 0 fully saturated rings. The maximum absolute atomic E-state index is 12.7. The van der Waals surface area contributed by atoms with Gasteiger partial charge in [-0.3, -0.25) is 9.10 Å². The number of hydrogen-bond acceptors (Lipinski definition) is 4. The zero-order chi connectivity index (χ0) is 18.6. The second-order valence-electron chi connectivity index (χ2n) is 5.40. The van der Waals surface area contributed by atoms with Crippen LogP contribution in [0.2, 0.25) is 5.02 Å². The van der Waals surface area contributed by atoms with Crippen molar-refractivity contribution in [2.24, 2.45) is 0 Å². The Morgan fingerprint density at radius 3 is 2.32 bits per heavy atom. The Morgan fingerprint density at radius 1 is 1.16 bits per heavy atom. The third-order valence-electron chi connectivity index (χ3n) is 3.53. The highest BCUT2D eigenvalue weighted by Crippen LogP contribution is 2.27. The Hall–Kier alpha value is -1.70. The van der Waals surface area contributed by atoms with Crippen LogP contribution in [-0.2, 0) is 14.8 Å². The lowest BCUT2D eigenvalue weighted by atomic mass is 10.2. The van der Waals surface area contributed by atoms with Crippen molar-refractivity contribution in [2.45, 2.75) is 17.9 Å². The number of carbonyl (C=O) groups excluding carboxylic acids is 1. The zero-order valence-corrected chi connectivity index (χ0v) is 16.5. The summed E-state index contributed by atoms with van der Waals surface area (Å²) in [5.41, 5.74) is 1.03. The van der Waals surface area contributed by atoms with Gasteiger partial charge in [0.2, 0.25) is 15.9 Å². The van der Waals surface area contributed by atoms with E-state index in [1.165, 1.54) is 11.8 Å². The Bertz CT molecular complexity index is 854. The highest BCUT2D eigenvalue weighted by molar-refractivity contribution is 7.98. The molecule has 2 aromatic carbocycles. The van der Waals surface area contributed by atoms with Gasteiger partial charge in [0.1, 0.15) is 6.04 Å². The average Bonchev–Trinajstić information content (AvgIpc) is 2.56. The number of hydrogen-bond donors (Lipinski definition) is 1. The fourth-order valence-corrected chi connectivity index (χ4v) is 4.24. The molecule has 0 heterocycles. The molecule has 1 amide bonds. The molecule has 5 nitrogen and oxygen atoms in total. The van der Waals surface area contributed by atoms with Crippen LogP contribution in [-0.4, -0.2) is 32.9 Å². The maximum atomic E-state index is 12.7. The van der Waals surface area contributed by atoms with Gasteiger partial charge in [-0.05, 0) is 49.6 Å². The Kier molecular flexibility index (Phi) is 6.37. The maximum Gasteiger partial charge on any atom is 0.248 e. The molecule has 1 atom stereocenters. The molecule has 134 valence electrons. The molecule has 1 unspecified atom stereocenters. The highest BCUT2D eigenvalue weighted by atomic mass is 35.5. The second kappa shape index (κ2) is 8.12. The third-order valence-corrected chi connectivity index (χ3v) is 5.82. The Morgan fingerprint density at radius 2 is 1.76 bits per heavy atom. The normalized spacial score (nSPS) is 12.5. The molecule has 1 N–H and O–H groups in total. The summed E-state index contributed by atoms with van der Waals surface area (Å²) >= 11 is 7.36. The quantitative estimate of drug-likeness (QED) is 0.750. The number of amides is 1. The number of sulfonamides is 1. The predicted molar refractivity (Wildman–Crippen MR) is 105 cm³/mol. The molecule has 0 bridgehead atoms. The van der Waals surface area contributed by atoms with Crippen molar-refractivity contribution in [3.05, 3.63) is 53.6 Å². The molecule has 0 aliphatic carbocycles. The van der Waals surface area contributed by atoms with E-state index in [1.54, 1.807) is 37.3 Å². The van der Waals surface area contributed by atoms with E-state index in [0.29, 0.717) is 16.4 Å². The predicted octanol–water partition coefficient (Wildman–Crippen LogP) is 3.86. The van der Waals surface area contributed by atoms with Gasteiger partial charge in [-0.25, -0.2) is 8.42 Å². The number of para-hydroxylation sites is 1. The first-order valence-electron chi connectivity index (χ1n) is 7.43. The number of carbonyl (C=O) groups is 1. The molecule has 0 radical (unpaired) electrons.